The Labute approximate surface area is 163 Å². The summed E-state index contributed by atoms with van der Waals surface area (Å²) in [5, 5.41) is 15.1. The summed E-state index contributed by atoms with van der Waals surface area (Å²) in [6, 6.07) is 13.2. The maximum absolute atomic E-state index is 12.8. The van der Waals surface area contributed by atoms with Gasteiger partial charge in [-0.3, -0.25) is 0 Å². The van der Waals surface area contributed by atoms with Crippen LogP contribution in [-0.4, -0.2) is 30.8 Å². The second-order valence-electron chi connectivity index (χ2n) is 6.37. The van der Waals surface area contributed by atoms with Crippen LogP contribution >= 0.6 is 0 Å². The summed E-state index contributed by atoms with van der Waals surface area (Å²) in [5.41, 5.74) is 2.39. The third-order valence-electron chi connectivity index (χ3n) is 4.49. The third kappa shape index (κ3) is 4.25. The zero-order valence-corrected chi connectivity index (χ0v) is 15.7. The molecule has 7 heteroatoms. The van der Waals surface area contributed by atoms with Crippen molar-refractivity contribution >= 4 is 12.0 Å². The van der Waals surface area contributed by atoms with Crippen molar-refractivity contribution in [1.82, 2.24) is 10.6 Å². The van der Waals surface area contributed by atoms with Gasteiger partial charge in [-0.25, -0.2) is 9.59 Å². The molecule has 28 heavy (non-hydrogen) atoms. The number of hydrogen-bond donors (Lipinski definition) is 3. The molecular weight excluding hydrogens is 360 g/mol. The van der Waals surface area contributed by atoms with Crippen molar-refractivity contribution in [1.29, 1.82) is 0 Å². The van der Waals surface area contributed by atoms with Crippen molar-refractivity contribution in [3.8, 4) is 11.5 Å². The van der Waals surface area contributed by atoms with Gasteiger partial charge in [0.15, 0.2) is 11.5 Å². The van der Waals surface area contributed by atoms with Gasteiger partial charge in [0.1, 0.15) is 0 Å². The number of urea groups is 1. The minimum absolute atomic E-state index is 0.0285. The van der Waals surface area contributed by atoms with E-state index in [0.717, 1.165) is 5.56 Å². The molecule has 0 fully saturated rings. The summed E-state index contributed by atoms with van der Waals surface area (Å²) < 4.78 is 10.6. The van der Waals surface area contributed by atoms with Crippen LogP contribution in [0.4, 0.5) is 4.79 Å². The number of allylic oxidation sites excluding steroid dienone is 1. The SMILES string of the molecule is COc1cc([C@H]2NC(=O)NC(C)=C2C(=O)OCCc2ccccc2)ccc1O. The van der Waals surface area contributed by atoms with Crippen molar-refractivity contribution in [3.05, 3.63) is 70.9 Å². The minimum atomic E-state index is -0.715. The smallest absolute Gasteiger partial charge is 0.338 e. The molecule has 1 atom stereocenters. The van der Waals surface area contributed by atoms with E-state index < -0.39 is 18.0 Å². The number of benzene rings is 2. The molecule has 0 spiro atoms. The molecule has 2 aromatic carbocycles. The van der Waals surface area contributed by atoms with Crippen molar-refractivity contribution in [2.45, 2.75) is 19.4 Å². The monoisotopic (exact) mass is 382 g/mol. The fourth-order valence-electron chi connectivity index (χ4n) is 3.07. The highest BCUT2D eigenvalue weighted by Gasteiger charge is 2.32. The number of phenolic OH excluding ortho intramolecular Hbond substituents is 1. The van der Waals surface area contributed by atoms with Crippen LogP contribution in [0.3, 0.4) is 0 Å². The number of rotatable bonds is 6. The second-order valence-corrected chi connectivity index (χ2v) is 6.37. The van der Waals surface area contributed by atoms with Gasteiger partial charge in [0.25, 0.3) is 0 Å². The van der Waals surface area contributed by atoms with Gasteiger partial charge in [-0.1, -0.05) is 36.4 Å². The first-order valence-electron chi connectivity index (χ1n) is 8.86. The van der Waals surface area contributed by atoms with Crippen molar-refractivity contribution in [2.75, 3.05) is 13.7 Å². The molecule has 0 aliphatic carbocycles. The maximum atomic E-state index is 12.8. The van der Waals surface area contributed by atoms with E-state index in [2.05, 4.69) is 10.6 Å². The number of carbonyl (C=O) groups is 2. The average Bonchev–Trinajstić information content (AvgIpc) is 2.68. The third-order valence-corrected chi connectivity index (χ3v) is 4.49. The van der Waals surface area contributed by atoms with E-state index in [9.17, 15) is 14.7 Å². The number of methoxy groups -OCH3 is 1. The molecule has 0 bridgehead atoms. The van der Waals surface area contributed by atoms with E-state index in [0.29, 0.717) is 23.3 Å². The van der Waals surface area contributed by atoms with Gasteiger partial charge in [0, 0.05) is 12.1 Å². The Balaban J connectivity index is 1.80. The lowest BCUT2D eigenvalue weighted by atomic mass is 9.95. The number of amides is 2. The number of phenols is 1. The number of ether oxygens (including phenoxy) is 2. The van der Waals surface area contributed by atoms with Gasteiger partial charge < -0.3 is 25.2 Å². The van der Waals surface area contributed by atoms with Crippen LogP contribution in [0.25, 0.3) is 0 Å². The Morgan fingerprint density at radius 1 is 1.18 bits per heavy atom. The van der Waals surface area contributed by atoms with Crippen molar-refractivity contribution in [3.63, 3.8) is 0 Å². The first-order chi connectivity index (χ1) is 13.5. The first-order valence-corrected chi connectivity index (χ1v) is 8.86. The van der Waals surface area contributed by atoms with Gasteiger partial charge in [0.2, 0.25) is 0 Å². The molecule has 3 N–H and O–H groups in total. The maximum Gasteiger partial charge on any atom is 0.338 e. The Bertz CT molecular complexity index is 908. The first kappa shape index (κ1) is 19.3. The number of carbonyl (C=O) groups excluding carboxylic acids is 2. The molecule has 1 heterocycles. The quantitative estimate of drug-likeness (QED) is 0.668. The standard InChI is InChI=1S/C21H22N2O5/c1-13-18(20(25)28-11-10-14-6-4-3-5-7-14)19(23-21(26)22-13)15-8-9-16(24)17(12-15)27-2/h3-9,12,19,24H,10-11H2,1-2H3,(H2,22,23,26)/t19-/m1/s1. The Morgan fingerprint density at radius 2 is 1.93 bits per heavy atom. The number of esters is 1. The van der Waals surface area contributed by atoms with Crippen LogP contribution in [0.5, 0.6) is 11.5 Å². The van der Waals surface area contributed by atoms with E-state index in [-0.39, 0.29) is 18.1 Å². The number of nitrogens with one attached hydrogen (secondary N) is 2. The fourth-order valence-corrected chi connectivity index (χ4v) is 3.07. The predicted octanol–water partition coefficient (Wildman–Crippen LogP) is 2.81. The lowest BCUT2D eigenvalue weighted by Gasteiger charge is -2.28. The van der Waals surface area contributed by atoms with Gasteiger partial charge in [-0.05, 0) is 30.2 Å². The largest absolute Gasteiger partial charge is 0.504 e. The molecule has 2 amide bonds. The summed E-state index contributed by atoms with van der Waals surface area (Å²) in [4.78, 5) is 24.7. The van der Waals surface area contributed by atoms with Crippen LogP contribution in [0, 0.1) is 0 Å². The topological polar surface area (TPSA) is 96.9 Å². The van der Waals surface area contributed by atoms with E-state index in [1.54, 1.807) is 19.1 Å². The summed E-state index contributed by atoms with van der Waals surface area (Å²) in [6.07, 6.45) is 0.594. The summed E-state index contributed by atoms with van der Waals surface area (Å²) in [5.74, 6) is -0.295. The zero-order chi connectivity index (χ0) is 20.1. The normalized spacial score (nSPS) is 16.2. The van der Waals surface area contributed by atoms with Crippen molar-refractivity contribution in [2.24, 2.45) is 0 Å². The molecule has 1 aliphatic rings. The Hall–Kier alpha value is -3.48. The minimum Gasteiger partial charge on any atom is -0.504 e. The van der Waals surface area contributed by atoms with Crippen LogP contribution < -0.4 is 15.4 Å². The van der Waals surface area contributed by atoms with Crippen LogP contribution in [0.2, 0.25) is 0 Å². The molecular formula is C21H22N2O5. The lowest BCUT2D eigenvalue weighted by molar-refractivity contribution is -0.139. The molecule has 146 valence electrons. The summed E-state index contributed by atoms with van der Waals surface area (Å²) in [6.45, 7) is 1.87. The highest BCUT2D eigenvalue weighted by Crippen LogP contribution is 2.33. The van der Waals surface area contributed by atoms with Gasteiger partial charge in [-0.2, -0.15) is 0 Å². The molecule has 0 radical (unpaired) electrons. The highest BCUT2D eigenvalue weighted by atomic mass is 16.5. The van der Waals surface area contributed by atoms with Crippen LogP contribution in [0.15, 0.2) is 59.8 Å². The fraction of sp³-hybridized carbons (Fsp3) is 0.238. The van der Waals surface area contributed by atoms with Crippen molar-refractivity contribution < 1.29 is 24.2 Å². The zero-order valence-electron chi connectivity index (χ0n) is 15.7. The van der Waals surface area contributed by atoms with E-state index in [1.165, 1.54) is 13.2 Å². The summed E-state index contributed by atoms with van der Waals surface area (Å²) in [7, 11) is 1.43. The predicted molar refractivity (Wildman–Crippen MR) is 103 cm³/mol. The van der Waals surface area contributed by atoms with Crippen LogP contribution in [0.1, 0.15) is 24.1 Å². The van der Waals surface area contributed by atoms with E-state index >= 15 is 0 Å². The lowest BCUT2D eigenvalue weighted by Crippen LogP contribution is -2.45. The van der Waals surface area contributed by atoms with Gasteiger partial charge in [-0.15, -0.1) is 0 Å². The Kier molecular flexibility index (Phi) is 5.84. The Morgan fingerprint density at radius 3 is 2.64 bits per heavy atom. The van der Waals surface area contributed by atoms with Gasteiger partial charge >= 0.3 is 12.0 Å². The van der Waals surface area contributed by atoms with Gasteiger partial charge in [0.05, 0.1) is 25.3 Å². The molecule has 2 aromatic rings. The number of aromatic hydroxyl groups is 1. The molecule has 0 aromatic heterocycles. The average molecular weight is 382 g/mol. The number of hydrogen-bond acceptors (Lipinski definition) is 5. The highest BCUT2D eigenvalue weighted by molar-refractivity contribution is 5.95. The van der Waals surface area contributed by atoms with E-state index in [4.69, 9.17) is 9.47 Å². The molecule has 0 saturated carbocycles. The molecule has 0 saturated heterocycles. The molecule has 3 rings (SSSR count). The second kappa shape index (κ2) is 8.47. The van der Waals surface area contributed by atoms with Crippen LogP contribution in [-0.2, 0) is 16.0 Å². The molecule has 1 aliphatic heterocycles. The molecule has 7 nitrogen and oxygen atoms in total. The summed E-state index contributed by atoms with van der Waals surface area (Å²) >= 11 is 0. The molecule has 0 unspecified atom stereocenters. The van der Waals surface area contributed by atoms with E-state index in [1.807, 2.05) is 30.3 Å².